The summed E-state index contributed by atoms with van der Waals surface area (Å²) in [5.41, 5.74) is 5.25. The maximum atomic E-state index is 13.0. The number of nitrogens with one attached hydrogen (secondary N) is 1. The van der Waals surface area contributed by atoms with Gasteiger partial charge < -0.3 is 5.73 Å². The molecule has 0 aromatic heterocycles. The first-order chi connectivity index (χ1) is 8.56. The number of halogens is 1. The number of thiocarbonyl (C=S) groups is 1. The highest BCUT2D eigenvalue weighted by molar-refractivity contribution is 7.89. The standard InChI is InChI=1S/C12H17FN2O2S2/c1-8-6-9(13)4-5-10(8)19(16,17)15-7-12(2,3)11(14)18/h4-6,15H,7H2,1-3H3,(H2,14,18). The van der Waals surface area contributed by atoms with Crippen LogP contribution in [0, 0.1) is 18.2 Å². The van der Waals surface area contributed by atoms with Crippen molar-refractivity contribution in [3.8, 4) is 0 Å². The number of aryl methyl sites for hydroxylation is 1. The number of benzene rings is 1. The van der Waals surface area contributed by atoms with Gasteiger partial charge in [-0.15, -0.1) is 0 Å². The molecule has 1 rings (SSSR count). The Morgan fingerprint density at radius 2 is 2.05 bits per heavy atom. The van der Waals surface area contributed by atoms with E-state index in [2.05, 4.69) is 4.72 Å². The monoisotopic (exact) mass is 304 g/mol. The van der Waals surface area contributed by atoms with Gasteiger partial charge in [-0.25, -0.2) is 17.5 Å². The van der Waals surface area contributed by atoms with E-state index in [-0.39, 0.29) is 16.4 Å². The van der Waals surface area contributed by atoms with Crippen LogP contribution in [0.2, 0.25) is 0 Å². The molecule has 0 amide bonds. The largest absolute Gasteiger partial charge is 0.393 e. The van der Waals surface area contributed by atoms with Gasteiger partial charge in [-0.1, -0.05) is 26.1 Å². The average Bonchev–Trinajstić information content (AvgIpc) is 2.26. The molecule has 106 valence electrons. The molecule has 1 aromatic rings. The van der Waals surface area contributed by atoms with Crippen molar-refractivity contribution in [3.05, 3.63) is 29.6 Å². The topological polar surface area (TPSA) is 72.2 Å². The maximum Gasteiger partial charge on any atom is 0.240 e. The van der Waals surface area contributed by atoms with Gasteiger partial charge in [0, 0.05) is 12.0 Å². The zero-order valence-electron chi connectivity index (χ0n) is 11.0. The van der Waals surface area contributed by atoms with E-state index in [0.29, 0.717) is 5.56 Å². The van der Waals surface area contributed by atoms with Gasteiger partial charge >= 0.3 is 0 Å². The van der Waals surface area contributed by atoms with Crippen molar-refractivity contribution in [3.63, 3.8) is 0 Å². The van der Waals surface area contributed by atoms with Crippen LogP contribution in [-0.4, -0.2) is 20.0 Å². The molecule has 0 aliphatic carbocycles. The van der Waals surface area contributed by atoms with Crippen LogP contribution < -0.4 is 10.5 Å². The van der Waals surface area contributed by atoms with Gasteiger partial charge in [0.15, 0.2) is 0 Å². The molecule has 0 aliphatic rings. The molecule has 1 aromatic carbocycles. The van der Waals surface area contributed by atoms with E-state index in [9.17, 15) is 12.8 Å². The first kappa shape index (κ1) is 16.0. The summed E-state index contributed by atoms with van der Waals surface area (Å²) >= 11 is 4.87. The zero-order chi connectivity index (χ0) is 14.8. The molecule has 19 heavy (non-hydrogen) atoms. The van der Waals surface area contributed by atoms with Gasteiger partial charge in [-0.2, -0.15) is 0 Å². The van der Waals surface area contributed by atoms with Crippen molar-refractivity contribution in [2.24, 2.45) is 11.1 Å². The second-order valence-corrected chi connectivity index (χ2v) is 7.16. The van der Waals surface area contributed by atoms with Gasteiger partial charge in [0.05, 0.1) is 9.88 Å². The zero-order valence-corrected chi connectivity index (χ0v) is 12.7. The van der Waals surface area contributed by atoms with E-state index in [0.717, 1.165) is 6.07 Å². The summed E-state index contributed by atoms with van der Waals surface area (Å²) in [5, 5.41) is 0. The minimum absolute atomic E-state index is 0.0487. The summed E-state index contributed by atoms with van der Waals surface area (Å²) in [6.07, 6.45) is 0. The molecular weight excluding hydrogens is 287 g/mol. The highest BCUT2D eigenvalue weighted by Crippen LogP contribution is 2.19. The Morgan fingerprint density at radius 1 is 1.47 bits per heavy atom. The van der Waals surface area contributed by atoms with Crippen LogP contribution in [0.1, 0.15) is 19.4 Å². The lowest BCUT2D eigenvalue weighted by Crippen LogP contribution is -2.41. The lowest BCUT2D eigenvalue weighted by molar-refractivity contribution is 0.501. The van der Waals surface area contributed by atoms with E-state index < -0.39 is 21.3 Å². The minimum Gasteiger partial charge on any atom is -0.393 e. The van der Waals surface area contributed by atoms with Crippen molar-refractivity contribution in [1.29, 1.82) is 0 Å². The fraction of sp³-hybridized carbons (Fsp3) is 0.417. The molecule has 0 aliphatic heterocycles. The third kappa shape index (κ3) is 3.95. The van der Waals surface area contributed by atoms with Crippen molar-refractivity contribution < 1.29 is 12.8 Å². The molecule has 0 spiro atoms. The van der Waals surface area contributed by atoms with Crippen molar-refractivity contribution in [2.45, 2.75) is 25.7 Å². The second kappa shape index (κ2) is 5.52. The summed E-state index contributed by atoms with van der Waals surface area (Å²) in [7, 11) is -3.71. The molecule has 7 heteroatoms. The lowest BCUT2D eigenvalue weighted by atomic mass is 9.94. The molecule has 0 saturated heterocycles. The predicted molar refractivity (Wildman–Crippen MR) is 76.9 cm³/mol. The number of hydrogen-bond acceptors (Lipinski definition) is 3. The van der Waals surface area contributed by atoms with E-state index in [1.165, 1.54) is 19.1 Å². The van der Waals surface area contributed by atoms with Gasteiger partial charge in [0.2, 0.25) is 10.0 Å². The van der Waals surface area contributed by atoms with E-state index in [1.807, 2.05) is 0 Å². The number of rotatable bonds is 5. The molecule has 0 saturated carbocycles. The highest BCUT2D eigenvalue weighted by atomic mass is 32.2. The molecule has 0 bridgehead atoms. The normalized spacial score (nSPS) is 12.4. The number of nitrogens with two attached hydrogens (primary N) is 1. The number of sulfonamides is 1. The van der Waals surface area contributed by atoms with Gasteiger partial charge in [0.1, 0.15) is 5.82 Å². The summed E-state index contributed by atoms with van der Waals surface area (Å²) in [6.45, 7) is 5.11. The first-order valence-corrected chi connectivity index (χ1v) is 7.51. The van der Waals surface area contributed by atoms with Crippen LogP contribution in [0.4, 0.5) is 4.39 Å². The minimum atomic E-state index is -3.71. The van der Waals surface area contributed by atoms with Crippen LogP contribution in [-0.2, 0) is 10.0 Å². The fourth-order valence-electron chi connectivity index (χ4n) is 1.35. The summed E-state index contributed by atoms with van der Waals surface area (Å²) in [6, 6.07) is 3.52. The third-order valence-electron chi connectivity index (χ3n) is 2.80. The Balaban J connectivity index is 2.97. The fourth-order valence-corrected chi connectivity index (χ4v) is 2.86. The van der Waals surface area contributed by atoms with Crippen molar-refractivity contribution in [1.82, 2.24) is 4.72 Å². The van der Waals surface area contributed by atoms with Gasteiger partial charge in [-0.05, 0) is 30.7 Å². The second-order valence-electron chi connectivity index (χ2n) is 4.98. The summed E-state index contributed by atoms with van der Waals surface area (Å²) in [4.78, 5) is 0.277. The highest BCUT2D eigenvalue weighted by Gasteiger charge is 2.25. The van der Waals surface area contributed by atoms with Crippen LogP contribution in [0.15, 0.2) is 23.1 Å². The summed E-state index contributed by atoms with van der Waals surface area (Å²) in [5.74, 6) is -0.472. The Bertz CT molecular complexity index is 598. The van der Waals surface area contributed by atoms with Crippen molar-refractivity contribution >= 4 is 27.2 Å². The Kier molecular flexibility index (Phi) is 4.65. The molecule has 4 nitrogen and oxygen atoms in total. The molecule has 3 N–H and O–H groups in total. The Morgan fingerprint density at radius 3 is 2.53 bits per heavy atom. The van der Waals surface area contributed by atoms with Gasteiger partial charge in [-0.3, -0.25) is 0 Å². The van der Waals surface area contributed by atoms with Crippen molar-refractivity contribution in [2.75, 3.05) is 6.54 Å². The van der Waals surface area contributed by atoms with E-state index >= 15 is 0 Å². The van der Waals surface area contributed by atoms with Crippen LogP contribution >= 0.6 is 12.2 Å². The van der Waals surface area contributed by atoms with E-state index in [4.69, 9.17) is 18.0 Å². The maximum absolute atomic E-state index is 13.0. The first-order valence-electron chi connectivity index (χ1n) is 5.62. The Labute approximate surface area is 118 Å². The van der Waals surface area contributed by atoms with Gasteiger partial charge in [0.25, 0.3) is 0 Å². The smallest absolute Gasteiger partial charge is 0.240 e. The number of hydrogen-bond donors (Lipinski definition) is 2. The Hall–Kier alpha value is -1.05. The molecular formula is C12H17FN2O2S2. The predicted octanol–water partition coefficient (Wildman–Crippen LogP) is 1.72. The van der Waals surface area contributed by atoms with Crippen LogP contribution in [0.3, 0.4) is 0 Å². The molecule has 0 atom stereocenters. The molecule has 0 heterocycles. The van der Waals surface area contributed by atoms with Crippen LogP contribution in [0.25, 0.3) is 0 Å². The molecule has 0 unspecified atom stereocenters. The molecule has 0 radical (unpaired) electrons. The summed E-state index contributed by atoms with van der Waals surface area (Å²) < 4.78 is 39.6. The van der Waals surface area contributed by atoms with E-state index in [1.54, 1.807) is 13.8 Å². The SMILES string of the molecule is Cc1cc(F)ccc1S(=O)(=O)NCC(C)(C)C(N)=S. The third-order valence-corrected chi connectivity index (χ3v) is 4.91. The average molecular weight is 304 g/mol. The quantitative estimate of drug-likeness (QED) is 0.813. The lowest BCUT2D eigenvalue weighted by Gasteiger charge is -2.23. The van der Waals surface area contributed by atoms with Crippen LogP contribution in [0.5, 0.6) is 0 Å². The molecule has 0 fully saturated rings.